The number of likely N-dealkylation sites (N-methyl/N-ethyl adjacent to an activating group) is 1. The molecule has 0 aliphatic carbocycles. The molecule has 2 heterocycles. The lowest BCUT2D eigenvalue weighted by Crippen LogP contribution is -2.49. The summed E-state index contributed by atoms with van der Waals surface area (Å²) in [6, 6.07) is 0. The van der Waals surface area contributed by atoms with E-state index < -0.39 is 0 Å². The van der Waals surface area contributed by atoms with E-state index in [0.717, 1.165) is 64.6 Å². The quantitative estimate of drug-likeness (QED) is 0.220. The summed E-state index contributed by atoms with van der Waals surface area (Å²) in [6.07, 6.45) is 3.51. The average Bonchev–Trinajstić information content (AvgIpc) is 2.68. The second-order valence-electron chi connectivity index (χ2n) is 8.04. The van der Waals surface area contributed by atoms with Gasteiger partial charge in [0, 0.05) is 79.7 Å². The van der Waals surface area contributed by atoms with Gasteiger partial charge in [0.2, 0.25) is 0 Å². The number of nitrogens with one attached hydrogen (secondary N) is 1. The van der Waals surface area contributed by atoms with E-state index in [0.29, 0.717) is 12.0 Å². The molecule has 2 fully saturated rings. The van der Waals surface area contributed by atoms with Crippen LogP contribution in [-0.4, -0.2) is 114 Å². The fourth-order valence-electron chi connectivity index (χ4n) is 3.82. The smallest absolute Gasteiger partial charge is 0.193 e. The molecule has 166 valence electrons. The maximum absolute atomic E-state index is 5.96. The average molecular weight is 511 g/mol. The molecule has 2 rings (SSSR count). The van der Waals surface area contributed by atoms with E-state index in [4.69, 9.17) is 9.47 Å². The summed E-state index contributed by atoms with van der Waals surface area (Å²) in [6.45, 7) is 12.8. The van der Waals surface area contributed by atoms with Gasteiger partial charge in [-0.05, 0) is 32.2 Å². The number of aliphatic imine (C=N–C) groups is 1. The second kappa shape index (κ2) is 14.8. The van der Waals surface area contributed by atoms with Crippen molar-refractivity contribution in [3.05, 3.63) is 0 Å². The summed E-state index contributed by atoms with van der Waals surface area (Å²) in [7, 11) is 5.84. The predicted octanol–water partition coefficient (Wildman–Crippen LogP) is 1.58. The van der Waals surface area contributed by atoms with Gasteiger partial charge in [0.1, 0.15) is 0 Å². The molecule has 7 nitrogen and oxygen atoms in total. The van der Waals surface area contributed by atoms with Gasteiger partial charge >= 0.3 is 0 Å². The molecule has 1 unspecified atom stereocenters. The Bertz CT molecular complexity index is 425. The summed E-state index contributed by atoms with van der Waals surface area (Å²) in [4.78, 5) is 11.9. The Kier molecular flexibility index (Phi) is 13.6. The first-order valence-electron chi connectivity index (χ1n) is 10.6. The van der Waals surface area contributed by atoms with E-state index in [1.54, 1.807) is 7.11 Å². The zero-order valence-electron chi connectivity index (χ0n) is 18.4. The van der Waals surface area contributed by atoms with Crippen LogP contribution in [0.4, 0.5) is 0 Å². The normalized spacial score (nSPS) is 21.4. The molecule has 2 saturated heterocycles. The highest BCUT2D eigenvalue weighted by molar-refractivity contribution is 14.0. The molecule has 1 atom stereocenters. The fraction of sp³-hybridized carbons (Fsp3) is 0.950. The van der Waals surface area contributed by atoms with E-state index in [9.17, 15) is 0 Å². The van der Waals surface area contributed by atoms with Crippen LogP contribution < -0.4 is 5.32 Å². The maximum atomic E-state index is 5.96. The first-order valence-corrected chi connectivity index (χ1v) is 10.6. The number of hydrogen-bond donors (Lipinski definition) is 1. The zero-order chi connectivity index (χ0) is 19.5. The summed E-state index contributed by atoms with van der Waals surface area (Å²) >= 11 is 0. The molecule has 0 aromatic rings. The zero-order valence-corrected chi connectivity index (χ0v) is 20.7. The lowest BCUT2D eigenvalue weighted by molar-refractivity contribution is 0.00987. The van der Waals surface area contributed by atoms with Crippen molar-refractivity contribution in [2.75, 3.05) is 86.8 Å². The Hall–Kier alpha value is -0.160. The Morgan fingerprint density at radius 2 is 1.79 bits per heavy atom. The monoisotopic (exact) mass is 511 g/mol. The molecule has 1 N–H and O–H groups in total. The highest BCUT2D eigenvalue weighted by Crippen LogP contribution is 2.14. The van der Waals surface area contributed by atoms with Gasteiger partial charge in [-0.25, -0.2) is 0 Å². The third-order valence-corrected chi connectivity index (χ3v) is 5.57. The van der Waals surface area contributed by atoms with Crippen LogP contribution in [0.15, 0.2) is 4.99 Å². The largest absolute Gasteiger partial charge is 0.385 e. The van der Waals surface area contributed by atoms with Crippen LogP contribution in [-0.2, 0) is 9.47 Å². The molecular formula is C20H42IN5O2. The number of likely N-dealkylation sites (tertiary alicyclic amines) is 1. The van der Waals surface area contributed by atoms with Gasteiger partial charge in [-0.15, -0.1) is 24.0 Å². The van der Waals surface area contributed by atoms with Crippen molar-refractivity contribution in [3.63, 3.8) is 0 Å². The minimum Gasteiger partial charge on any atom is -0.385 e. The van der Waals surface area contributed by atoms with Crippen molar-refractivity contribution < 1.29 is 9.47 Å². The van der Waals surface area contributed by atoms with Gasteiger partial charge in [0.25, 0.3) is 0 Å². The fourth-order valence-corrected chi connectivity index (χ4v) is 3.82. The molecule has 0 amide bonds. The molecule has 0 aromatic carbocycles. The molecular weight excluding hydrogens is 469 g/mol. The Labute approximate surface area is 189 Å². The molecule has 2 aliphatic heterocycles. The van der Waals surface area contributed by atoms with Gasteiger partial charge in [-0.1, -0.05) is 6.92 Å². The number of hydrogen-bond acceptors (Lipinski definition) is 5. The lowest BCUT2D eigenvalue weighted by Gasteiger charge is -2.36. The van der Waals surface area contributed by atoms with Gasteiger partial charge in [0.05, 0.1) is 6.10 Å². The first kappa shape index (κ1) is 25.9. The van der Waals surface area contributed by atoms with Crippen molar-refractivity contribution in [2.24, 2.45) is 10.9 Å². The van der Waals surface area contributed by atoms with E-state index >= 15 is 0 Å². The molecule has 0 saturated carbocycles. The SMILES string of the molecule is CN=C(NCC(C)CN1CCN(C)CC1)N1CCC(OCCCOC)CC1.I. The first-order chi connectivity index (χ1) is 13.1. The standard InChI is InChI=1S/C20H41N5O2.HI/c1-18(17-24-12-10-23(3)11-13-24)16-22-20(21-2)25-8-6-19(7-9-25)27-15-5-14-26-4;/h18-19H,5-17H2,1-4H3,(H,21,22);1H. The molecule has 28 heavy (non-hydrogen) atoms. The van der Waals surface area contributed by atoms with Crippen LogP contribution in [0.3, 0.4) is 0 Å². The number of ether oxygens (including phenoxy) is 2. The molecule has 2 aliphatic rings. The van der Waals surface area contributed by atoms with Gasteiger partial charge < -0.3 is 29.5 Å². The van der Waals surface area contributed by atoms with Crippen molar-refractivity contribution in [3.8, 4) is 0 Å². The second-order valence-corrected chi connectivity index (χ2v) is 8.04. The number of piperidine rings is 1. The Balaban J connectivity index is 0.00000392. The summed E-state index contributed by atoms with van der Waals surface area (Å²) in [5.74, 6) is 1.66. The summed E-state index contributed by atoms with van der Waals surface area (Å²) in [5.41, 5.74) is 0. The van der Waals surface area contributed by atoms with Crippen molar-refractivity contribution in [1.82, 2.24) is 20.0 Å². The molecule has 0 spiro atoms. The number of piperazine rings is 1. The van der Waals surface area contributed by atoms with E-state index in [2.05, 4.69) is 39.0 Å². The third-order valence-electron chi connectivity index (χ3n) is 5.57. The minimum absolute atomic E-state index is 0. The molecule has 8 heteroatoms. The van der Waals surface area contributed by atoms with Crippen LogP contribution in [0.5, 0.6) is 0 Å². The van der Waals surface area contributed by atoms with Crippen LogP contribution in [0.1, 0.15) is 26.2 Å². The maximum Gasteiger partial charge on any atom is 0.193 e. The van der Waals surface area contributed by atoms with Crippen molar-refractivity contribution in [2.45, 2.75) is 32.3 Å². The van der Waals surface area contributed by atoms with Crippen molar-refractivity contribution >= 4 is 29.9 Å². The molecule has 0 radical (unpaired) electrons. The van der Waals surface area contributed by atoms with Crippen LogP contribution >= 0.6 is 24.0 Å². The Morgan fingerprint density at radius 1 is 1.11 bits per heavy atom. The highest BCUT2D eigenvalue weighted by atomic mass is 127. The predicted molar refractivity (Wildman–Crippen MR) is 127 cm³/mol. The van der Waals surface area contributed by atoms with E-state index in [-0.39, 0.29) is 24.0 Å². The van der Waals surface area contributed by atoms with Gasteiger partial charge in [-0.2, -0.15) is 0 Å². The summed E-state index contributed by atoms with van der Waals surface area (Å²) in [5, 5.41) is 3.59. The number of nitrogens with zero attached hydrogens (tertiary/aromatic N) is 4. The van der Waals surface area contributed by atoms with E-state index in [1.807, 2.05) is 7.05 Å². The topological polar surface area (TPSA) is 52.6 Å². The number of methoxy groups -OCH3 is 1. The third kappa shape index (κ3) is 9.56. The Morgan fingerprint density at radius 3 is 2.39 bits per heavy atom. The van der Waals surface area contributed by atoms with Crippen LogP contribution in [0.2, 0.25) is 0 Å². The van der Waals surface area contributed by atoms with E-state index in [1.165, 1.54) is 26.2 Å². The van der Waals surface area contributed by atoms with Crippen LogP contribution in [0.25, 0.3) is 0 Å². The van der Waals surface area contributed by atoms with Crippen molar-refractivity contribution in [1.29, 1.82) is 0 Å². The number of guanidine groups is 1. The number of rotatable bonds is 9. The number of halogens is 1. The van der Waals surface area contributed by atoms with Gasteiger partial charge in [0.15, 0.2) is 5.96 Å². The molecule has 0 aromatic heterocycles. The van der Waals surface area contributed by atoms with Crippen LogP contribution in [0, 0.1) is 5.92 Å². The van der Waals surface area contributed by atoms with Gasteiger partial charge in [-0.3, -0.25) is 4.99 Å². The molecule has 0 bridgehead atoms. The highest BCUT2D eigenvalue weighted by Gasteiger charge is 2.22. The minimum atomic E-state index is 0. The summed E-state index contributed by atoms with van der Waals surface area (Å²) < 4.78 is 11.0. The lowest BCUT2D eigenvalue weighted by atomic mass is 10.1.